The summed E-state index contributed by atoms with van der Waals surface area (Å²) in [5.74, 6) is 0.792. The first-order chi connectivity index (χ1) is 9.63. The van der Waals surface area contributed by atoms with E-state index in [1.54, 1.807) is 24.6 Å². The summed E-state index contributed by atoms with van der Waals surface area (Å²) in [4.78, 5) is 1.11. The van der Waals surface area contributed by atoms with Gasteiger partial charge < -0.3 is 10.1 Å². The van der Waals surface area contributed by atoms with E-state index in [1.165, 1.54) is 0 Å². The highest BCUT2D eigenvalue weighted by molar-refractivity contribution is 7.10. The lowest BCUT2D eigenvalue weighted by Gasteiger charge is -2.20. The molecule has 0 amide bonds. The minimum absolute atomic E-state index is 0.00333. The molecule has 0 aromatic carbocycles. The van der Waals surface area contributed by atoms with Gasteiger partial charge in [0.25, 0.3) is 0 Å². The maximum atomic E-state index is 6.45. The van der Waals surface area contributed by atoms with Gasteiger partial charge in [-0.15, -0.1) is 11.3 Å². The quantitative estimate of drug-likeness (QED) is 0.885. The first kappa shape index (κ1) is 15.4. The zero-order valence-electron chi connectivity index (χ0n) is 12.2. The molecule has 0 aliphatic heterocycles. The number of rotatable bonds is 6. The van der Waals surface area contributed by atoms with Crippen molar-refractivity contribution < 1.29 is 4.74 Å². The van der Waals surface area contributed by atoms with E-state index in [-0.39, 0.29) is 6.04 Å². The average molecular weight is 314 g/mol. The molecular weight excluding hydrogens is 294 g/mol. The first-order valence-electron chi connectivity index (χ1n) is 6.70. The number of hydrogen-bond acceptors (Lipinski definition) is 4. The topological polar surface area (TPSA) is 39.1 Å². The number of hydrogen-bond donors (Lipinski definition) is 1. The Labute approximate surface area is 128 Å². The standard InChI is InChI=1S/C14H20ClN3OS/c1-5-16-12(14-11(15)9(3)8-20-14)13-10(19-4)7-17-18(13)6-2/h7-8,12,16H,5-6H2,1-4H3. The molecule has 2 aromatic rings. The van der Waals surface area contributed by atoms with Gasteiger partial charge in [-0.05, 0) is 31.3 Å². The summed E-state index contributed by atoms with van der Waals surface area (Å²) in [6.07, 6.45) is 1.76. The van der Waals surface area contributed by atoms with Crippen LogP contribution in [0.15, 0.2) is 11.6 Å². The van der Waals surface area contributed by atoms with Crippen LogP contribution in [-0.4, -0.2) is 23.4 Å². The Kier molecular flexibility index (Phi) is 5.07. The van der Waals surface area contributed by atoms with E-state index >= 15 is 0 Å². The van der Waals surface area contributed by atoms with Gasteiger partial charge in [0.2, 0.25) is 0 Å². The van der Waals surface area contributed by atoms with Gasteiger partial charge in [0.05, 0.1) is 24.4 Å². The van der Waals surface area contributed by atoms with Crippen LogP contribution in [0.4, 0.5) is 0 Å². The van der Waals surface area contributed by atoms with Crippen molar-refractivity contribution in [3.63, 3.8) is 0 Å². The fourth-order valence-electron chi connectivity index (χ4n) is 2.24. The second kappa shape index (κ2) is 6.61. The normalized spacial score (nSPS) is 12.7. The minimum Gasteiger partial charge on any atom is -0.493 e. The molecule has 0 spiro atoms. The Bertz CT molecular complexity index is 557. The molecular formula is C14H20ClN3OS. The minimum atomic E-state index is 0.00333. The van der Waals surface area contributed by atoms with Crippen LogP contribution in [0.1, 0.15) is 36.0 Å². The Morgan fingerprint density at radius 1 is 1.50 bits per heavy atom. The summed E-state index contributed by atoms with van der Waals surface area (Å²) in [6, 6.07) is 0.00333. The van der Waals surface area contributed by atoms with Crippen LogP contribution < -0.4 is 10.1 Å². The summed E-state index contributed by atoms with van der Waals surface area (Å²) >= 11 is 8.12. The monoisotopic (exact) mass is 313 g/mol. The Morgan fingerprint density at radius 3 is 2.75 bits per heavy atom. The molecule has 1 atom stereocenters. The van der Waals surface area contributed by atoms with Gasteiger partial charge in [-0.3, -0.25) is 4.68 Å². The van der Waals surface area contributed by atoms with Gasteiger partial charge >= 0.3 is 0 Å². The molecule has 0 aliphatic carbocycles. The molecule has 0 bridgehead atoms. The van der Waals surface area contributed by atoms with Crippen molar-refractivity contribution in [2.24, 2.45) is 0 Å². The molecule has 2 rings (SSSR count). The molecule has 0 fully saturated rings. The fourth-order valence-corrected chi connectivity index (χ4v) is 3.62. The van der Waals surface area contributed by atoms with Crippen molar-refractivity contribution in [2.75, 3.05) is 13.7 Å². The molecule has 0 aliphatic rings. The highest BCUT2D eigenvalue weighted by Crippen LogP contribution is 2.38. The van der Waals surface area contributed by atoms with Gasteiger partial charge in [-0.1, -0.05) is 18.5 Å². The number of halogens is 1. The number of nitrogens with one attached hydrogen (secondary N) is 1. The van der Waals surface area contributed by atoms with E-state index < -0.39 is 0 Å². The largest absolute Gasteiger partial charge is 0.493 e. The van der Waals surface area contributed by atoms with Crippen molar-refractivity contribution in [2.45, 2.75) is 33.4 Å². The highest BCUT2D eigenvalue weighted by Gasteiger charge is 2.26. The SMILES string of the molecule is CCNC(c1scc(C)c1Cl)c1c(OC)cnn1CC. The van der Waals surface area contributed by atoms with Crippen molar-refractivity contribution >= 4 is 22.9 Å². The van der Waals surface area contributed by atoms with E-state index in [0.717, 1.165) is 40.0 Å². The molecule has 0 saturated carbocycles. The van der Waals surface area contributed by atoms with Gasteiger partial charge in [-0.2, -0.15) is 5.10 Å². The summed E-state index contributed by atoms with van der Waals surface area (Å²) in [5.41, 5.74) is 2.14. The second-order valence-electron chi connectivity index (χ2n) is 4.50. The van der Waals surface area contributed by atoms with E-state index in [9.17, 15) is 0 Å². The van der Waals surface area contributed by atoms with Crippen LogP contribution in [0.2, 0.25) is 5.02 Å². The zero-order chi connectivity index (χ0) is 14.7. The third-order valence-corrected chi connectivity index (χ3v) is 5.01. The predicted octanol–water partition coefficient (Wildman–Crippen LogP) is 3.63. The lowest BCUT2D eigenvalue weighted by Crippen LogP contribution is -2.24. The molecule has 6 heteroatoms. The maximum absolute atomic E-state index is 6.45. The molecule has 2 aromatic heterocycles. The second-order valence-corrected chi connectivity index (χ2v) is 5.79. The van der Waals surface area contributed by atoms with E-state index in [2.05, 4.69) is 29.6 Å². The summed E-state index contributed by atoms with van der Waals surface area (Å²) in [5, 5.41) is 10.8. The van der Waals surface area contributed by atoms with Crippen LogP contribution in [0.3, 0.4) is 0 Å². The van der Waals surface area contributed by atoms with E-state index in [0.29, 0.717) is 0 Å². The maximum Gasteiger partial charge on any atom is 0.161 e. The smallest absolute Gasteiger partial charge is 0.161 e. The van der Waals surface area contributed by atoms with Crippen molar-refractivity contribution in [1.29, 1.82) is 0 Å². The number of thiophene rings is 1. The molecule has 1 unspecified atom stereocenters. The molecule has 110 valence electrons. The average Bonchev–Trinajstić information content (AvgIpc) is 3.01. The third-order valence-electron chi connectivity index (χ3n) is 3.23. The number of methoxy groups -OCH3 is 1. The van der Waals surface area contributed by atoms with E-state index in [1.807, 2.05) is 11.6 Å². The van der Waals surface area contributed by atoms with Gasteiger partial charge in [0, 0.05) is 11.4 Å². The number of aromatic nitrogens is 2. The number of nitrogens with zero attached hydrogens (tertiary/aromatic N) is 2. The van der Waals surface area contributed by atoms with Crippen molar-refractivity contribution in [3.8, 4) is 5.75 Å². The van der Waals surface area contributed by atoms with Gasteiger partial charge in [0.15, 0.2) is 5.75 Å². The van der Waals surface area contributed by atoms with Crippen molar-refractivity contribution in [1.82, 2.24) is 15.1 Å². The molecule has 0 radical (unpaired) electrons. The fraction of sp³-hybridized carbons (Fsp3) is 0.500. The highest BCUT2D eigenvalue weighted by atomic mass is 35.5. The van der Waals surface area contributed by atoms with Crippen LogP contribution >= 0.6 is 22.9 Å². The lowest BCUT2D eigenvalue weighted by molar-refractivity contribution is 0.400. The molecule has 4 nitrogen and oxygen atoms in total. The molecule has 20 heavy (non-hydrogen) atoms. The third kappa shape index (κ3) is 2.71. The van der Waals surface area contributed by atoms with Crippen LogP contribution in [0, 0.1) is 6.92 Å². The Morgan fingerprint density at radius 2 is 2.25 bits per heavy atom. The lowest BCUT2D eigenvalue weighted by atomic mass is 10.1. The number of ether oxygens (including phenoxy) is 1. The van der Waals surface area contributed by atoms with Gasteiger partial charge in [-0.25, -0.2) is 0 Å². The molecule has 1 N–H and O–H groups in total. The molecule has 2 heterocycles. The first-order valence-corrected chi connectivity index (χ1v) is 7.96. The van der Waals surface area contributed by atoms with Crippen LogP contribution in [-0.2, 0) is 6.54 Å². The van der Waals surface area contributed by atoms with Crippen molar-refractivity contribution in [3.05, 3.63) is 32.7 Å². The Balaban J connectivity index is 2.53. The van der Waals surface area contributed by atoms with Gasteiger partial charge in [0.1, 0.15) is 5.69 Å². The number of aryl methyl sites for hydroxylation is 2. The summed E-state index contributed by atoms with van der Waals surface area (Å²) in [6.45, 7) is 7.82. The summed E-state index contributed by atoms with van der Waals surface area (Å²) < 4.78 is 7.42. The van der Waals surface area contributed by atoms with Crippen LogP contribution in [0.5, 0.6) is 5.75 Å². The zero-order valence-corrected chi connectivity index (χ0v) is 13.8. The Hall–Kier alpha value is -1.04. The molecule has 0 saturated heterocycles. The summed E-state index contributed by atoms with van der Waals surface area (Å²) in [7, 11) is 1.67. The predicted molar refractivity (Wildman–Crippen MR) is 84.0 cm³/mol. The van der Waals surface area contributed by atoms with Crippen LogP contribution in [0.25, 0.3) is 0 Å². The van der Waals surface area contributed by atoms with E-state index in [4.69, 9.17) is 16.3 Å².